The van der Waals surface area contributed by atoms with Crippen LogP contribution in [0.25, 0.3) is 0 Å². The van der Waals surface area contributed by atoms with Crippen molar-refractivity contribution in [2.45, 2.75) is 13.0 Å². The maximum Gasteiger partial charge on any atom is 0.317 e. The number of rotatable bonds is 5. The summed E-state index contributed by atoms with van der Waals surface area (Å²) < 4.78 is 5.57. The van der Waals surface area contributed by atoms with E-state index in [2.05, 4.69) is 5.32 Å². The Morgan fingerprint density at radius 1 is 1.56 bits per heavy atom. The van der Waals surface area contributed by atoms with E-state index in [0.29, 0.717) is 25.4 Å². The maximum atomic E-state index is 11.3. The van der Waals surface area contributed by atoms with Gasteiger partial charge in [0.1, 0.15) is 12.4 Å². The molecule has 0 radical (unpaired) electrons. The molecule has 1 heterocycles. The minimum absolute atomic E-state index is 0.0312. The van der Waals surface area contributed by atoms with Crippen molar-refractivity contribution in [3.63, 3.8) is 0 Å². The van der Waals surface area contributed by atoms with Gasteiger partial charge in [0.2, 0.25) is 0 Å². The average Bonchev–Trinajstić information content (AvgIpc) is 2.76. The van der Waals surface area contributed by atoms with Crippen molar-refractivity contribution in [2.75, 3.05) is 26.2 Å². The predicted octanol–water partition coefficient (Wildman–Crippen LogP) is 1.14. The second-order valence-electron chi connectivity index (χ2n) is 4.32. The molecule has 2 rings (SSSR count). The van der Waals surface area contributed by atoms with E-state index in [1.165, 1.54) is 0 Å². The SMILES string of the molecule is CC(O)c1cccc(OCCN2CCNC2=O)c1. The highest BCUT2D eigenvalue weighted by molar-refractivity contribution is 5.76. The summed E-state index contributed by atoms with van der Waals surface area (Å²) in [6.07, 6.45) is -0.502. The molecule has 1 aromatic carbocycles. The second-order valence-corrected chi connectivity index (χ2v) is 4.32. The molecule has 2 amide bonds. The summed E-state index contributed by atoms with van der Waals surface area (Å²) in [6.45, 7) is 4.18. The molecule has 18 heavy (non-hydrogen) atoms. The molecule has 0 saturated carbocycles. The smallest absolute Gasteiger partial charge is 0.317 e. The molecule has 5 heteroatoms. The largest absolute Gasteiger partial charge is 0.492 e. The molecule has 1 unspecified atom stereocenters. The molecular weight excluding hydrogens is 232 g/mol. The monoisotopic (exact) mass is 250 g/mol. The Labute approximate surface area is 106 Å². The highest BCUT2D eigenvalue weighted by Crippen LogP contribution is 2.18. The summed E-state index contributed by atoms with van der Waals surface area (Å²) in [5, 5.41) is 12.2. The van der Waals surface area contributed by atoms with E-state index in [-0.39, 0.29) is 6.03 Å². The van der Waals surface area contributed by atoms with E-state index in [4.69, 9.17) is 4.74 Å². The van der Waals surface area contributed by atoms with Gasteiger partial charge in [-0.1, -0.05) is 12.1 Å². The lowest BCUT2D eigenvalue weighted by Crippen LogP contribution is -2.31. The van der Waals surface area contributed by atoms with E-state index in [9.17, 15) is 9.90 Å². The zero-order valence-corrected chi connectivity index (χ0v) is 10.4. The zero-order chi connectivity index (χ0) is 13.0. The Bertz CT molecular complexity index is 420. The van der Waals surface area contributed by atoms with E-state index in [0.717, 1.165) is 12.1 Å². The summed E-state index contributed by atoms with van der Waals surface area (Å²) in [6, 6.07) is 7.33. The fourth-order valence-electron chi connectivity index (χ4n) is 1.86. The molecule has 0 spiro atoms. The van der Waals surface area contributed by atoms with Crippen molar-refractivity contribution >= 4 is 6.03 Å². The van der Waals surface area contributed by atoms with Crippen molar-refractivity contribution in [1.82, 2.24) is 10.2 Å². The van der Waals surface area contributed by atoms with Gasteiger partial charge in [0.15, 0.2) is 0 Å². The molecule has 0 aromatic heterocycles. The molecule has 1 aliphatic heterocycles. The van der Waals surface area contributed by atoms with Crippen molar-refractivity contribution in [2.24, 2.45) is 0 Å². The number of nitrogens with one attached hydrogen (secondary N) is 1. The molecule has 0 bridgehead atoms. The average molecular weight is 250 g/mol. The number of carbonyl (C=O) groups excluding carboxylic acids is 1. The molecule has 5 nitrogen and oxygen atoms in total. The third-order valence-corrected chi connectivity index (χ3v) is 2.92. The fraction of sp³-hybridized carbons (Fsp3) is 0.462. The first-order chi connectivity index (χ1) is 8.66. The number of benzene rings is 1. The van der Waals surface area contributed by atoms with Gasteiger partial charge in [0, 0.05) is 13.1 Å². The Kier molecular flexibility index (Phi) is 4.04. The molecule has 0 aliphatic carbocycles. The van der Waals surface area contributed by atoms with Crippen LogP contribution in [-0.4, -0.2) is 42.3 Å². The maximum absolute atomic E-state index is 11.3. The van der Waals surface area contributed by atoms with Crippen molar-refractivity contribution in [1.29, 1.82) is 0 Å². The summed E-state index contributed by atoms with van der Waals surface area (Å²) in [5.41, 5.74) is 0.825. The Morgan fingerprint density at radius 3 is 3.06 bits per heavy atom. The van der Waals surface area contributed by atoms with Gasteiger partial charge in [0.05, 0.1) is 12.6 Å². The van der Waals surface area contributed by atoms with E-state index in [1.54, 1.807) is 11.8 Å². The van der Waals surface area contributed by atoms with Crippen LogP contribution in [0.4, 0.5) is 4.79 Å². The minimum Gasteiger partial charge on any atom is -0.492 e. The first-order valence-electron chi connectivity index (χ1n) is 6.10. The second kappa shape index (κ2) is 5.73. The predicted molar refractivity (Wildman–Crippen MR) is 67.5 cm³/mol. The number of hydrogen-bond acceptors (Lipinski definition) is 3. The highest BCUT2D eigenvalue weighted by atomic mass is 16.5. The number of aliphatic hydroxyl groups excluding tert-OH is 1. The fourth-order valence-corrected chi connectivity index (χ4v) is 1.86. The van der Waals surface area contributed by atoms with Crippen LogP contribution < -0.4 is 10.1 Å². The molecule has 98 valence electrons. The molecule has 1 fully saturated rings. The third kappa shape index (κ3) is 3.13. The lowest BCUT2D eigenvalue weighted by molar-refractivity contribution is 0.196. The Hall–Kier alpha value is -1.75. The van der Waals surface area contributed by atoms with Crippen LogP contribution in [0.5, 0.6) is 5.75 Å². The lowest BCUT2D eigenvalue weighted by atomic mass is 10.1. The lowest BCUT2D eigenvalue weighted by Gasteiger charge is -2.15. The molecule has 2 N–H and O–H groups in total. The summed E-state index contributed by atoms with van der Waals surface area (Å²) in [5.74, 6) is 0.716. The van der Waals surface area contributed by atoms with Gasteiger partial charge in [-0.3, -0.25) is 0 Å². The van der Waals surface area contributed by atoms with Crippen LogP contribution >= 0.6 is 0 Å². The van der Waals surface area contributed by atoms with E-state index in [1.807, 2.05) is 24.3 Å². The van der Waals surface area contributed by atoms with Gasteiger partial charge in [0.25, 0.3) is 0 Å². The van der Waals surface area contributed by atoms with Gasteiger partial charge in [-0.05, 0) is 24.6 Å². The van der Waals surface area contributed by atoms with Crippen molar-refractivity contribution < 1.29 is 14.6 Å². The third-order valence-electron chi connectivity index (χ3n) is 2.92. The number of amides is 2. The van der Waals surface area contributed by atoms with Crippen LogP contribution in [0.2, 0.25) is 0 Å². The van der Waals surface area contributed by atoms with Gasteiger partial charge < -0.3 is 20.1 Å². The number of ether oxygens (including phenoxy) is 1. The number of carbonyl (C=O) groups is 1. The quantitative estimate of drug-likeness (QED) is 0.824. The standard InChI is InChI=1S/C13H18N2O3/c1-10(16)11-3-2-4-12(9-11)18-8-7-15-6-5-14-13(15)17/h2-4,9-10,16H,5-8H2,1H3,(H,14,17). The summed E-state index contributed by atoms with van der Waals surface area (Å²) in [7, 11) is 0. The molecule has 1 atom stereocenters. The molecule has 1 aromatic rings. The molecule has 1 aliphatic rings. The number of nitrogens with zero attached hydrogens (tertiary/aromatic N) is 1. The van der Waals surface area contributed by atoms with Gasteiger partial charge in [-0.15, -0.1) is 0 Å². The van der Waals surface area contributed by atoms with Crippen LogP contribution in [0.15, 0.2) is 24.3 Å². The van der Waals surface area contributed by atoms with Gasteiger partial charge >= 0.3 is 6.03 Å². The first kappa shape index (κ1) is 12.7. The normalized spacial score (nSPS) is 16.6. The first-order valence-corrected chi connectivity index (χ1v) is 6.10. The van der Waals surface area contributed by atoms with Crippen LogP contribution in [0.1, 0.15) is 18.6 Å². The topological polar surface area (TPSA) is 61.8 Å². The Balaban J connectivity index is 1.82. The van der Waals surface area contributed by atoms with Crippen molar-refractivity contribution in [3.8, 4) is 5.75 Å². The van der Waals surface area contributed by atoms with Gasteiger partial charge in [-0.2, -0.15) is 0 Å². The zero-order valence-electron chi connectivity index (χ0n) is 10.4. The van der Waals surface area contributed by atoms with Crippen LogP contribution in [0, 0.1) is 0 Å². The highest BCUT2D eigenvalue weighted by Gasteiger charge is 2.18. The number of hydrogen-bond donors (Lipinski definition) is 2. The summed E-state index contributed by atoms with van der Waals surface area (Å²) in [4.78, 5) is 13.0. The summed E-state index contributed by atoms with van der Waals surface area (Å²) >= 11 is 0. The van der Waals surface area contributed by atoms with Crippen LogP contribution in [0.3, 0.4) is 0 Å². The van der Waals surface area contributed by atoms with Crippen LogP contribution in [-0.2, 0) is 0 Å². The Morgan fingerprint density at radius 2 is 2.39 bits per heavy atom. The number of urea groups is 1. The van der Waals surface area contributed by atoms with Crippen molar-refractivity contribution in [3.05, 3.63) is 29.8 Å². The molecular formula is C13H18N2O3. The molecule has 1 saturated heterocycles. The van der Waals surface area contributed by atoms with E-state index < -0.39 is 6.10 Å². The van der Waals surface area contributed by atoms with E-state index >= 15 is 0 Å². The minimum atomic E-state index is -0.502. The number of aliphatic hydroxyl groups is 1. The van der Waals surface area contributed by atoms with Gasteiger partial charge in [-0.25, -0.2) is 4.79 Å².